The van der Waals surface area contributed by atoms with Gasteiger partial charge in [0.2, 0.25) is 6.19 Å². The van der Waals surface area contributed by atoms with Gasteiger partial charge in [-0.1, -0.05) is 0 Å². The topological polar surface area (TPSA) is 74.9 Å². The van der Waals surface area contributed by atoms with Gasteiger partial charge in [0.25, 0.3) is 0 Å². The van der Waals surface area contributed by atoms with Gasteiger partial charge in [0.15, 0.2) is 0 Å². The molecule has 1 aliphatic heterocycles. The summed E-state index contributed by atoms with van der Waals surface area (Å²) in [6.07, 6.45) is 7.10. The van der Waals surface area contributed by atoms with Crippen molar-refractivity contribution >= 4 is 11.5 Å². The Morgan fingerprint density at radius 3 is 2.39 bits per heavy atom. The Kier molecular flexibility index (Phi) is 5.39. The molecule has 4 bridgehead atoms. The maximum Gasteiger partial charge on any atom is 0.207 e. The van der Waals surface area contributed by atoms with Crippen LogP contribution in [0.4, 0.5) is 10.1 Å². The lowest BCUT2D eigenvalue weighted by molar-refractivity contribution is -0.136. The number of aliphatic imine (C=N–C) groups is 1. The number of nitrogens with one attached hydrogen (secondary N) is 1. The van der Waals surface area contributed by atoms with E-state index in [1.165, 1.54) is 25.0 Å². The molecule has 1 heterocycles. The van der Waals surface area contributed by atoms with Crippen LogP contribution in [0.3, 0.4) is 0 Å². The SMILES string of the molecule is CC(/C(=N\C#N)NC1C2CC3CC1CC(O)(C3)C2)N1CCN(c2ccc(F)cc2)CC1. The van der Waals surface area contributed by atoms with Crippen molar-refractivity contribution in [3.05, 3.63) is 30.1 Å². The first-order valence-corrected chi connectivity index (χ1v) is 11.6. The van der Waals surface area contributed by atoms with Gasteiger partial charge < -0.3 is 15.3 Å². The normalized spacial score (nSPS) is 36.3. The molecule has 6 nitrogen and oxygen atoms in total. The molecule has 7 heteroatoms. The second-order valence-corrected chi connectivity index (χ2v) is 10.1. The smallest absolute Gasteiger partial charge is 0.207 e. The third-order valence-corrected chi connectivity index (χ3v) is 8.18. The fourth-order valence-corrected chi connectivity index (χ4v) is 6.88. The number of benzene rings is 1. The first-order valence-electron chi connectivity index (χ1n) is 11.6. The number of amidine groups is 1. The number of hydrogen-bond acceptors (Lipinski definition) is 5. The summed E-state index contributed by atoms with van der Waals surface area (Å²) in [5, 5.41) is 23.9. The molecule has 166 valence electrons. The van der Waals surface area contributed by atoms with Crippen LogP contribution in [0.1, 0.15) is 39.0 Å². The molecule has 1 aromatic rings. The summed E-state index contributed by atoms with van der Waals surface area (Å²) in [6, 6.07) is 7.03. The van der Waals surface area contributed by atoms with Crippen molar-refractivity contribution in [2.24, 2.45) is 22.7 Å². The van der Waals surface area contributed by atoms with E-state index in [1.54, 1.807) is 0 Å². The summed E-state index contributed by atoms with van der Waals surface area (Å²) in [6.45, 7) is 5.58. The Hall–Kier alpha value is -2.17. The fraction of sp³-hybridized carbons (Fsp3) is 0.667. The Labute approximate surface area is 183 Å². The highest BCUT2D eigenvalue weighted by molar-refractivity contribution is 5.88. The van der Waals surface area contributed by atoms with Crippen LogP contribution in [0.5, 0.6) is 0 Å². The van der Waals surface area contributed by atoms with Crippen molar-refractivity contribution in [3.8, 4) is 6.19 Å². The van der Waals surface area contributed by atoms with Crippen LogP contribution >= 0.6 is 0 Å². The number of piperazine rings is 1. The van der Waals surface area contributed by atoms with Crippen LogP contribution in [-0.4, -0.2) is 59.7 Å². The first-order chi connectivity index (χ1) is 14.9. The molecule has 31 heavy (non-hydrogen) atoms. The van der Waals surface area contributed by atoms with Crippen molar-refractivity contribution in [2.45, 2.75) is 56.7 Å². The Bertz CT molecular complexity index is 857. The quantitative estimate of drug-likeness (QED) is 0.441. The predicted molar refractivity (Wildman–Crippen MR) is 118 cm³/mol. The summed E-state index contributed by atoms with van der Waals surface area (Å²) in [5.41, 5.74) is 0.591. The average molecular weight is 426 g/mol. The summed E-state index contributed by atoms with van der Waals surface area (Å²) in [4.78, 5) is 8.85. The molecular weight excluding hydrogens is 393 g/mol. The number of hydrogen-bond donors (Lipinski definition) is 2. The molecule has 6 rings (SSSR count). The van der Waals surface area contributed by atoms with Gasteiger partial charge in [-0.3, -0.25) is 4.90 Å². The third-order valence-electron chi connectivity index (χ3n) is 8.18. The molecule has 4 aliphatic carbocycles. The van der Waals surface area contributed by atoms with Crippen LogP contribution in [0, 0.1) is 35.0 Å². The molecule has 0 aromatic heterocycles. The average Bonchev–Trinajstić information content (AvgIpc) is 2.74. The van der Waals surface area contributed by atoms with Gasteiger partial charge in [-0.25, -0.2) is 4.39 Å². The van der Waals surface area contributed by atoms with Crippen molar-refractivity contribution < 1.29 is 9.50 Å². The van der Waals surface area contributed by atoms with Gasteiger partial charge in [-0.15, -0.1) is 0 Å². The first kappa shape index (κ1) is 20.7. The molecule has 5 aliphatic rings. The molecule has 1 aromatic carbocycles. The minimum atomic E-state index is -0.455. The highest BCUT2D eigenvalue weighted by Crippen LogP contribution is 2.55. The van der Waals surface area contributed by atoms with E-state index in [9.17, 15) is 14.8 Å². The molecule has 0 radical (unpaired) electrons. The van der Waals surface area contributed by atoms with Gasteiger partial charge in [0.1, 0.15) is 11.7 Å². The van der Waals surface area contributed by atoms with E-state index in [0.717, 1.165) is 57.0 Å². The Morgan fingerprint density at radius 2 is 1.81 bits per heavy atom. The number of halogens is 1. The van der Waals surface area contributed by atoms with Gasteiger partial charge in [-0.05, 0) is 81.0 Å². The van der Waals surface area contributed by atoms with Gasteiger partial charge in [0, 0.05) is 37.9 Å². The highest BCUT2D eigenvalue weighted by atomic mass is 19.1. The van der Waals surface area contributed by atoms with Crippen LogP contribution in [-0.2, 0) is 0 Å². The van der Waals surface area contributed by atoms with E-state index >= 15 is 0 Å². The summed E-state index contributed by atoms with van der Waals surface area (Å²) >= 11 is 0. The number of anilines is 1. The van der Waals surface area contributed by atoms with Crippen molar-refractivity contribution in [2.75, 3.05) is 31.1 Å². The molecule has 4 saturated carbocycles. The Balaban J connectivity index is 1.23. The van der Waals surface area contributed by atoms with Crippen molar-refractivity contribution in [3.63, 3.8) is 0 Å². The summed E-state index contributed by atoms with van der Waals surface area (Å²) in [7, 11) is 0. The predicted octanol–water partition coefficient (Wildman–Crippen LogP) is 2.74. The summed E-state index contributed by atoms with van der Waals surface area (Å²) in [5.74, 6) is 2.16. The van der Waals surface area contributed by atoms with Crippen LogP contribution in [0.2, 0.25) is 0 Å². The van der Waals surface area contributed by atoms with E-state index in [4.69, 9.17) is 0 Å². The molecule has 1 saturated heterocycles. The highest BCUT2D eigenvalue weighted by Gasteiger charge is 2.55. The molecule has 0 spiro atoms. The van der Waals surface area contributed by atoms with Crippen LogP contribution < -0.4 is 10.2 Å². The Morgan fingerprint density at radius 1 is 1.16 bits per heavy atom. The number of nitrogens with zero attached hydrogens (tertiary/aromatic N) is 4. The lowest BCUT2D eigenvalue weighted by Crippen LogP contribution is -2.63. The molecule has 3 atom stereocenters. The van der Waals surface area contributed by atoms with Crippen molar-refractivity contribution in [1.29, 1.82) is 5.26 Å². The zero-order valence-electron chi connectivity index (χ0n) is 18.2. The lowest BCUT2D eigenvalue weighted by atomic mass is 9.52. The number of nitriles is 1. The third kappa shape index (κ3) is 4.04. The fourth-order valence-electron chi connectivity index (χ4n) is 6.88. The maximum atomic E-state index is 13.2. The molecule has 2 N–H and O–H groups in total. The molecule has 0 amide bonds. The molecular formula is C24H32FN5O. The second kappa shape index (κ2) is 8.07. The van der Waals surface area contributed by atoms with Crippen LogP contribution in [0.15, 0.2) is 29.3 Å². The minimum Gasteiger partial charge on any atom is -0.390 e. The maximum absolute atomic E-state index is 13.2. The van der Waals surface area contributed by atoms with E-state index < -0.39 is 5.60 Å². The van der Waals surface area contributed by atoms with Crippen LogP contribution in [0.25, 0.3) is 0 Å². The minimum absolute atomic E-state index is 0.0373. The van der Waals surface area contributed by atoms with Crippen molar-refractivity contribution in [1.82, 2.24) is 10.2 Å². The second-order valence-electron chi connectivity index (χ2n) is 10.1. The van der Waals surface area contributed by atoms with E-state index in [1.807, 2.05) is 18.3 Å². The largest absolute Gasteiger partial charge is 0.390 e. The number of rotatable bonds is 4. The van der Waals surface area contributed by atoms with E-state index in [-0.39, 0.29) is 11.9 Å². The lowest BCUT2D eigenvalue weighted by Gasteiger charge is -2.58. The molecule has 3 unspecified atom stereocenters. The monoisotopic (exact) mass is 425 g/mol. The zero-order valence-corrected chi connectivity index (χ0v) is 18.2. The number of aliphatic hydroxyl groups is 1. The molecule has 5 fully saturated rings. The van der Waals surface area contributed by atoms with E-state index in [2.05, 4.69) is 27.0 Å². The van der Waals surface area contributed by atoms with Gasteiger partial charge >= 0.3 is 0 Å². The van der Waals surface area contributed by atoms with E-state index in [0.29, 0.717) is 23.8 Å². The van der Waals surface area contributed by atoms with Gasteiger partial charge in [0.05, 0.1) is 11.6 Å². The standard InChI is InChI=1S/C24H32FN5O/c1-16(29-6-8-30(9-7-29)21-4-2-20(25)3-5-21)23(27-15-26)28-22-18-10-17-11-19(22)14-24(31,12-17)13-18/h2-5,16-19,22,31H,6-14H2,1H3,(H,27,28). The zero-order chi connectivity index (χ0) is 21.6. The van der Waals surface area contributed by atoms with Gasteiger partial charge in [-0.2, -0.15) is 10.3 Å². The summed E-state index contributed by atoms with van der Waals surface area (Å²) < 4.78 is 13.2.